The Labute approximate surface area is 117 Å². The predicted octanol–water partition coefficient (Wildman–Crippen LogP) is 2.30. The van der Waals surface area contributed by atoms with Gasteiger partial charge < -0.3 is 14.6 Å². The van der Waals surface area contributed by atoms with Gasteiger partial charge in [0.1, 0.15) is 11.8 Å². The molecule has 0 aliphatic carbocycles. The lowest BCUT2D eigenvalue weighted by Crippen LogP contribution is -2.07. The van der Waals surface area contributed by atoms with E-state index in [0.717, 1.165) is 5.56 Å². The molecule has 1 heterocycles. The molecule has 1 N–H and O–H groups in total. The number of benzene rings is 1. The van der Waals surface area contributed by atoms with Gasteiger partial charge in [-0.25, -0.2) is 4.79 Å². The number of esters is 1. The summed E-state index contributed by atoms with van der Waals surface area (Å²) < 4.78 is 6.51. The fourth-order valence-corrected chi connectivity index (χ4v) is 1.96. The summed E-state index contributed by atoms with van der Waals surface area (Å²) >= 11 is 0. The SMILES string of the molecule is COC(=O)c1ccccc1NCc1cc(C#N)n(C)c1. The van der Waals surface area contributed by atoms with E-state index in [4.69, 9.17) is 10.00 Å². The van der Waals surface area contributed by atoms with E-state index in [2.05, 4.69) is 11.4 Å². The van der Waals surface area contributed by atoms with Crippen LogP contribution in [0.3, 0.4) is 0 Å². The predicted molar refractivity (Wildman–Crippen MR) is 75.2 cm³/mol. The summed E-state index contributed by atoms with van der Waals surface area (Å²) in [5.41, 5.74) is 2.78. The molecule has 0 aliphatic rings. The van der Waals surface area contributed by atoms with E-state index >= 15 is 0 Å². The third-order valence-corrected chi connectivity index (χ3v) is 2.99. The highest BCUT2D eigenvalue weighted by molar-refractivity contribution is 5.95. The van der Waals surface area contributed by atoms with E-state index in [1.165, 1.54) is 7.11 Å². The van der Waals surface area contributed by atoms with Gasteiger partial charge in [-0.15, -0.1) is 0 Å². The van der Waals surface area contributed by atoms with Gasteiger partial charge >= 0.3 is 5.97 Å². The fraction of sp³-hybridized carbons (Fsp3) is 0.200. The van der Waals surface area contributed by atoms with Crippen molar-refractivity contribution in [2.75, 3.05) is 12.4 Å². The zero-order valence-electron chi connectivity index (χ0n) is 11.4. The van der Waals surface area contributed by atoms with Crippen molar-refractivity contribution in [1.29, 1.82) is 5.26 Å². The molecule has 0 fully saturated rings. The number of anilines is 1. The van der Waals surface area contributed by atoms with Crippen LogP contribution >= 0.6 is 0 Å². The van der Waals surface area contributed by atoms with Crippen LogP contribution in [0.5, 0.6) is 0 Å². The molecule has 2 rings (SSSR count). The van der Waals surface area contributed by atoms with Crippen molar-refractivity contribution in [3.05, 3.63) is 53.3 Å². The Kier molecular flexibility index (Phi) is 4.06. The highest BCUT2D eigenvalue weighted by Crippen LogP contribution is 2.17. The molecule has 20 heavy (non-hydrogen) atoms. The van der Waals surface area contributed by atoms with E-state index < -0.39 is 0 Å². The van der Waals surface area contributed by atoms with Crippen LogP contribution in [0, 0.1) is 11.3 Å². The van der Waals surface area contributed by atoms with Gasteiger partial charge in [-0.2, -0.15) is 5.26 Å². The Hall–Kier alpha value is -2.74. The van der Waals surface area contributed by atoms with Crippen LogP contribution in [0.25, 0.3) is 0 Å². The molecular formula is C15H15N3O2. The average Bonchev–Trinajstić information content (AvgIpc) is 2.84. The number of carbonyl (C=O) groups is 1. The molecule has 0 aliphatic heterocycles. The number of aromatic nitrogens is 1. The molecule has 0 bridgehead atoms. The number of hydrogen-bond donors (Lipinski definition) is 1. The van der Waals surface area contributed by atoms with Crippen molar-refractivity contribution in [2.24, 2.45) is 7.05 Å². The van der Waals surface area contributed by atoms with Crippen molar-refractivity contribution in [3.63, 3.8) is 0 Å². The molecule has 0 saturated carbocycles. The molecule has 102 valence electrons. The fourth-order valence-electron chi connectivity index (χ4n) is 1.96. The molecule has 0 unspecified atom stereocenters. The number of nitrogens with one attached hydrogen (secondary N) is 1. The molecule has 0 saturated heterocycles. The largest absolute Gasteiger partial charge is 0.465 e. The summed E-state index contributed by atoms with van der Waals surface area (Å²) in [7, 11) is 3.18. The number of ether oxygens (including phenoxy) is 1. The van der Waals surface area contributed by atoms with Crippen molar-refractivity contribution < 1.29 is 9.53 Å². The molecule has 5 heteroatoms. The first-order valence-electron chi connectivity index (χ1n) is 6.12. The summed E-state index contributed by atoms with van der Waals surface area (Å²) in [6.07, 6.45) is 1.88. The Morgan fingerprint density at radius 3 is 2.85 bits per heavy atom. The van der Waals surface area contributed by atoms with Crippen LogP contribution in [-0.2, 0) is 18.3 Å². The maximum absolute atomic E-state index is 11.6. The number of hydrogen-bond acceptors (Lipinski definition) is 4. The minimum absolute atomic E-state index is 0.376. The lowest BCUT2D eigenvalue weighted by Gasteiger charge is -2.09. The topological polar surface area (TPSA) is 67.0 Å². The van der Waals surface area contributed by atoms with E-state index in [9.17, 15) is 4.79 Å². The van der Waals surface area contributed by atoms with Crippen LogP contribution in [0.2, 0.25) is 0 Å². The Balaban J connectivity index is 2.15. The minimum Gasteiger partial charge on any atom is -0.465 e. The molecular weight excluding hydrogens is 254 g/mol. The van der Waals surface area contributed by atoms with Crippen molar-refractivity contribution in [2.45, 2.75) is 6.54 Å². The maximum atomic E-state index is 11.6. The normalized spacial score (nSPS) is 9.85. The number of nitrogens with zero attached hydrogens (tertiary/aromatic N) is 2. The second kappa shape index (κ2) is 5.93. The number of methoxy groups -OCH3 is 1. The molecule has 5 nitrogen and oxygen atoms in total. The standard InChI is InChI=1S/C15H15N3O2/c1-18-10-11(7-12(18)8-16)9-17-14-6-4-3-5-13(14)15(19)20-2/h3-7,10,17H,9H2,1-2H3. The first-order valence-corrected chi connectivity index (χ1v) is 6.12. The van der Waals surface area contributed by atoms with Gasteiger partial charge in [0.2, 0.25) is 0 Å². The first-order chi connectivity index (χ1) is 9.65. The van der Waals surface area contributed by atoms with E-state index in [1.807, 2.05) is 31.4 Å². The highest BCUT2D eigenvalue weighted by Gasteiger charge is 2.11. The van der Waals surface area contributed by atoms with Crippen LogP contribution in [-0.4, -0.2) is 17.6 Å². The van der Waals surface area contributed by atoms with Gasteiger partial charge in [0.05, 0.1) is 12.7 Å². The lowest BCUT2D eigenvalue weighted by molar-refractivity contribution is 0.0602. The summed E-state index contributed by atoms with van der Waals surface area (Å²) in [6.45, 7) is 0.531. The van der Waals surface area contributed by atoms with Gasteiger partial charge in [-0.1, -0.05) is 12.1 Å². The van der Waals surface area contributed by atoms with E-state index in [0.29, 0.717) is 23.5 Å². The van der Waals surface area contributed by atoms with Crippen molar-refractivity contribution in [1.82, 2.24) is 4.57 Å². The monoisotopic (exact) mass is 269 g/mol. The van der Waals surface area contributed by atoms with Crippen LogP contribution in [0.1, 0.15) is 21.6 Å². The second-order valence-corrected chi connectivity index (χ2v) is 4.35. The van der Waals surface area contributed by atoms with E-state index in [1.54, 1.807) is 16.7 Å². The third kappa shape index (κ3) is 2.81. The minimum atomic E-state index is -0.376. The number of aryl methyl sites for hydroxylation is 1. The average molecular weight is 269 g/mol. The number of rotatable bonds is 4. The number of para-hydroxylation sites is 1. The lowest BCUT2D eigenvalue weighted by atomic mass is 10.1. The van der Waals surface area contributed by atoms with Crippen molar-refractivity contribution in [3.8, 4) is 6.07 Å². The summed E-state index contributed by atoms with van der Waals surface area (Å²) in [5.74, 6) is -0.376. The zero-order valence-corrected chi connectivity index (χ0v) is 11.4. The molecule has 2 aromatic rings. The van der Waals surface area contributed by atoms with Crippen molar-refractivity contribution >= 4 is 11.7 Å². The molecule has 0 spiro atoms. The van der Waals surface area contributed by atoms with Gasteiger partial charge in [-0.05, 0) is 23.8 Å². The number of nitriles is 1. The summed E-state index contributed by atoms with van der Waals surface area (Å²) in [6, 6.07) is 11.1. The highest BCUT2D eigenvalue weighted by atomic mass is 16.5. The van der Waals surface area contributed by atoms with Crippen LogP contribution in [0.15, 0.2) is 36.5 Å². The molecule has 1 aromatic heterocycles. The zero-order chi connectivity index (χ0) is 14.5. The van der Waals surface area contributed by atoms with E-state index in [-0.39, 0.29) is 5.97 Å². The van der Waals surface area contributed by atoms with Crippen LogP contribution in [0.4, 0.5) is 5.69 Å². The molecule has 0 radical (unpaired) electrons. The Morgan fingerprint density at radius 2 is 2.20 bits per heavy atom. The Morgan fingerprint density at radius 1 is 1.45 bits per heavy atom. The van der Waals surface area contributed by atoms with Gasteiger partial charge in [0, 0.05) is 25.5 Å². The smallest absolute Gasteiger partial charge is 0.339 e. The molecule has 0 amide bonds. The second-order valence-electron chi connectivity index (χ2n) is 4.35. The summed E-state index contributed by atoms with van der Waals surface area (Å²) in [5, 5.41) is 12.1. The first kappa shape index (κ1) is 13.7. The summed E-state index contributed by atoms with van der Waals surface area (Å²) in [4.78, 5) is 11.6. The maximum Gasteiger partial charge on any atom is 0.339 e. The third-order valence-electron chi connectivity index (χ3n) is 2.99. The molecule has 1 aromatic carbocycles. The number of carbonyl (C=O) groups excluding carboxylic acids is 1. The van der Waals surface area contributed by atoms with Crippen LogP contribution < -0.4 is 5.32 Å². The molecule has 0 atom stereocenters. The van der Waals surface area contributed by atoms with Gasteiger partial charge in [-0.3, -0.25) is 0 Å². The quantitative estimate of drug-likeness (QED) is 0.865. The van der Waals surface area contributed by atoms with Gasteiger partial charge in [0.15, 0.2) is 0 Å². The Bertz CT molecular complexity index is 668. The van der Waals surface area contributed by atoms with Gasteiger partial charge in [0.25, 0.3) is 0 Å².